The molecule has 0 saturated heterocycles. The maximum absolute atomic E-state index is 2.61. The summed E-state index contributed by atoms with van der Waals surface area (Å²) in [6, 6.07) is 5.14. The molecule has 0 nitrogen and oxygen atoms in total. The molecule has 0 bridgehead atoms. The van der Waals surface area contributed by atoms with Gasteiger partial charge in [0.2, 0.25) is 0 Å². The van der Waals surface area contributed by atoms with E-state index in [1.807, 2.05) is 2.89 Å². The van der Waals surface area contributed by atoms with Crippen LogP contribution in [0.5, 0.6) is 0 Å². The van der Waals surface area contributed by atoms with Crippen LogP contribution in [-0.2, 0) is 6.42 Å². The van der Waals surface area contributed by atoms with Crippen LogP contribution in [0.4, 0.5) is 0 Å². The van der Waals surface area contributed by atoms with Gasteiger partial charge in [0.05, 0.1) is 0 Å². The molecule has 1 rings (SSSR count). The Balaban J connectivity index is 2.74. The minimum atomic E-state index is -2.18. The summed E-state index contributed by atoms with van der Waals surface area (Å²) >= 11 is 0.0736. The van der Waals surface area contributed by atoms with E-state index in [9.17, 15) is 0 Å². The van der Waals surface area contributed by atoms with Crippen molar-refractivity contribution >= 4 is 32.6 Å². The summed E-state index contributed by atoms with van der Waals surface area (Å²) in [5.74, 6) is 1.75. The van der Waals surface area contributed by atoms with Crippen molar-refractivity contribution in [3.63, 3.8) is 0 Å². The van der Waals surface area contributed by atoms with Crippen molar-refractivity contribution in [2.75, 3.05) is 0 Å². The first-order chi connectivity index (χ1) is 13.5. The first-order valence-electron chi connectivity index (χ1n) is 12.6. The molecule has 1 aromatic rings. The van der Waals surface area contributed by atoms with Crippen LogP contribution in [0.1, 0.15) is 111 Å². The van der Waals surface area contributed by atoms with Crippen molar-refractivity contribution in [1.29, 1.82) is 0 Å². The second-order valence-electron chi connectivity index (χ2n) is 9.83. The van der Waals surface area contributed by atoms with Crippen LogP contribution in [0.25, 0.3) is 0 Å². The topological polar surface area (TPSA) is 0 Å². The third-order valence-corrected chi connectivity index (χ3v) is 26.0. The predicted molar refractivity (Wildman–Crippen MR) is 135 cm³/mol. The van der Waals surface area contributed by atoms with E-state index < -0.39 is 18.4 Å². The zero-order valence-electron chi connectivity index (χ0n) is 20.1. The van der Waals surface area contributed by atoms with Crippen molar-refractivity contribution in [2.45, 2.75) is 125 Å². The fourth-order valence-electron chi connectivity index (χ4n) is 4.49. The number of hydrogen-bond acceptors (Lipinski definition) is 1. The summed E-state index contributed by atoms with van der Waals surface area (Å²) in [6.07, 6.45) is 15.5. The predicted octanol–water partition coefficient (Wildman–Crippen LogP) is 9.20. The number of hydrogen-bond donors (Lipinski definition) is 0. The first-order valence-corrected chi connectivity index (χ1v) is 20.9. The van der Waals surface area contributed by atoms with E-state index in [4.69, 9.17) is 0 Å². The Morgan fingerprint density at radius 1 is 0.750 bits per heavy atom. The molecule has 0 amide bonds. The summed E-state index contributed by atoms with van der Waals surface area (Å²) in [6.45, 7) is 14.3. The summed E-state index contributed by atoms with van der Waals surface area (Å²) in [7, 11) is 0. The van der Waals surface area contributed by atoms with Crippen LogP contribution < -0.4 is 2.89 Å². The fourth-order valence-corrected chi connectivity index (χ4v) is 24.8. The van der Waals surface area contributed by atoms with Crippen LogP contribution in [0.15, 0.2) is 12.1 Å². The fraction of sp³-hybridized carbons (Fsp3) is 0.846. The average Bonchev–Trinajstić information content (AvgIpc) is 3.15. The molecule has 0 radical (unpaired) electrons. The molecule has 0 aromatic carbocycles. The quantitative estimate of drug-likeness (QED) is 0.182. The molecule has 28 heavy (non-hydrogen) atoms. The van der Waals surface area contributed by atoms with Crippen LogP contribution in [-0.4, -0.2) is 18.4 Å². The molecule has 0 N–H and O–H groups in total. The molecular weight excluding hydrogens is 463 g/mol. The van der Waals surface area contributed by atoms with Crippen LogP contribution in [0.3, 0.4) is 0 Å². The molecule has 1 unspecified atom stereocenters. The average molecular weight is 513 g/mol. The van der Waals surface area contributed by atoms with Gasteiger partial charge in [-0.15, -0.1) is 0 Å². The van der Waals surface area contributed by atoms with Crippen molar-refractivity contribution in [3.8, 4) is 0 Å². The van der Waals surface area contributed by atoms with E-state index in [-0.39, 0.29) is 0 Å². The molecular formula is C26H50SSn. The molecule has 0 saturated carbocycles. The summed E-state index contributed by atoms with van der Waals surface area (Å²) in [4.78, 5) is 1.69. The number of aryl methyl sites for hydroxylation is 1. The van der Waals surface area contributed by atoms with Crippen molar-refractivity contribution in [1.82, 2.24) is 0 Å². The second-order valence-corrected chi connectivity index (χ2v) is 25.2. The standard InChI is InChI=1S/C14H23S.3C4H9.Sn/c1-12(2)6-4-7-13(3)9-10-14-8-5-11-15-14;3*1-3-4-2;/h5,8,12-13H,4,6-7,9-10H2,1-3H3;3*1,3-4H2,2H3;. The van der Waals surface area contributed by atoms with Gasteiger partial charge in [-0.05, 0) is 0 Å². The number of unbranched alkanes of at least 4 members (excludes halogenated alkanes) is 3. The van der Waals surface area contributed by atoms with Gasteiger partial charge in [-0.2, -0.15) is 0 Å². The Kier molecular flexibility index (Phi) is 14.5. The Labute approximate surface area is 186 Å². The Bertz CT molecular complexity index is 469. The van der Waals surface area contributed by atoms with E-state index in [1.165, 1.54) is 70.6 Å². The third kappa shape index (κ3) is 10.0. The molecule has 1 heterocycles. The van der Waals surface area contributed by atoms with Gasteiger partial charge in [0.25, 0.3) is 0 Å². The van der Waals surface area contributed by atoms with Gasteiger partial charge in [0, 0.05) is 0 Å². The van der Waals surface area contributed by atoms with Gasteiger partial charge in [-0.3, -0.25) is 0 Å². The van der Waals surface area contributed by atoms with Crippen LogP contribution >= 0.6 is 11.3 Å². The minimum absolute atomic E-state index is 0.863. The van der Waals surface area contributed by atoms with Gasteiger partial charge in [-0.25, -0.2) is 0 Å². The first kappa shape index (κ1) is 26.5. The monoisotopic (exact) mass is 514 g/mol. The Morgan fingerprint density at radius 2 is 1.32 bits per heavy atom. The zero-order chi connectivity index (χ0) is 20.8. The molecule has 2 heteroatoms. The number of thiophene rings is 1. The van der Waals surface area contributed by atoms with Gasteiger partial charge >= 0.3 is 187 Å². The van der Waals surface area contributed by atoms with Gasteiger partial charge in [-0.1, -0.05) is 0 Å². The number of rotatable bonds is 17. The molecule has 0 aliphatic rings. The van der Waals surface area contributed by atoms with Crippen molar-refractivity contribution in [3.05, 3.63) is 17.0 Å². The zero-order valence-corrected chi connectivity index (χ0v) is 23.8. The van der Waals surface area contributed by atoms with E-state index >= 15 is 0 Å². The molecule has 0 spiro atoms. The van der Waals surface area contributed by atoms with E-state index in [1.54, 1.807) is 18.2 Å². The maximum atomic E-state index is 2.61. The summed E-state index contributed by atoms with van der Waals surface area (Å²) in [5, 5.41) is 0. The van der Waals surface area contributed by atoms with Crippen LogP contribution in [0, 0.1) is 11.8 Å². The molecule has 1 aromatic heterocycles. The van der Waals surface area contributed by atoms with Gasteiger partial charge < -0.3 is 0 Å². The molecule has 1 atom stereocenters. The van der Waals surface area contributed by atoms with Crippen molar-refractivity contribution < 1.29 is 0 Å². The molecule has 164 valence electrons. The van der Waals surface area contributed by atoms with Gasteiger partial charge in [0.1, 0.15) is 0 Å². The normalized spacial score (nSPS) is 13.4. The SMILES string of the molecule is CCC[CH2][Sn]([CH2]CCC)([CH2]CCC)[c]1ccc(CCC(C)CCCC(C)C)s1. The Hall–Kier alpha value is 0.499. The molecule has 0 aliphatic carbocycles. The van der Waals surface area contributed by atoms with E-state index in [0.717, 1.165) is 11.8 Å². The van der Waals surface area contributed by atoms with Crippen LogP contribution in [0.2, 0.25) is 13.3 Å². The van der Waals surface area contributed by atoms with Crippen molar-refractivity contribution in [2.24, 2.45) is 11.8 Å². The molecule has 0 fully saturated rings. The summed E-state index contributed by atoms with van der Waals surface area (Å²) in [5.41, 5.74) is 0. The third-order valence-electron chi connectivity index (χ3n) is 6.57. The summed E-state index contributed by atoms with van der Waals surface area (Å²) < 4.78 is 6.75. The van der Waals surface area contributed by atoms with Gasteiger partial charge in [0.15, 0.2) is 0 Å². The molecule has 0 aliphatic heterocycles. The second kappa shape index (κ2) is 15.3. The Morgan fingerprint density at radius 3 is 1.82 bits per heavy atom. The van der Waals surface area contributed by atoms with E-state index in [0.29, 0.717) is 0 Å². The van der Waals surface area contributed by atoms with E-state index in [2.05, 4.69) is 65.0 Å².